The van der Waals surface area contributed by atoms with Gasteiger partial charge >= 0.3 is 23.9 Å². The lowest BCUT2D eigenvalue weighted by Gasteiger charge is -2.08. The first kappa shape index (κ1) is 28.3. The van der Waals surface area contributed by atoms with E-state index in [0.29, 0.717) is 0 Å². The number of amides is 2. The fourth-order valence-corrected chi connectivity index (χ4v) is 1.87. The molecule has 0 saturated carbocycles. The van der Waals surface area contributed by atoms with Crippen molar-refractivity contribution in [1.29, 1.82) is 0 Å². The maximum Gasteiger partial charge on any atom is 0.330 e. The minimum absolute atomic E-state index is 0.104. The van der Waals surface area contributed by atoms with Crippen molar-refractivity contribution in [3.8, 4) is 0 Å². The van der Waals surface area contributed by atoms with Gasteiger partial charge in [0.15, 0.2) is 0 Å². The minimum Gasteiger partial charge on any atom is -0.462 e. The standard InChI is InChI=1S/C20H28N2O10/c1-3-17(25)29-11-13-31-19(27)7-5-15(23)21-9-10-22-16(24)6-8-20(28)32-14-12-30-18(26)4-2/h3-4H,1-2,5-14H2,(H,21,23)(H,22,24). The zero-order valence-electron chi connectivity index (χ0n) is 17.7. The van der Waals surface area contributed by atoms with Crippen LogP contribution in [0.4, 0.5) is 0 Å². The van der Waals surface area contributed by atoms with E-state index in [1.807, 2.05) is 0 Å². The highest BCUT2D eigenvalue weighted by Crippen LogP contribution is 1.95. The van der Waals surface area contributed by atoms with Crippen LogP contribution in [0.2, 0.25) is 0 Å². The lowest BCUT2D eigenvalue weighted by molar-refractivity contribution is -0.150. The van der Waals surface area contributed by atoms with E-state index in [1.165, 1.54) is 0 Å². The largest absolute Gasteiger partial charge is 0.462 e. The molecule has 12 heteroatoms. The summed E-state index contributed by atoms with van der Waals surface area (Å²) in [6.45, 7) is 6.24. The molecule has 0 radical (unpaired) electrons. The van der Waals surface area contributed by atoms with Crippen LogP contribution in [0.5, 0.6) is 0 Å². The van der Waals surface area contributed by atoms with Crippen molar-refractivity contribution >= 4 is 35.7 Å². The van der Waals surface area contributed by atoms with E-state index in [1.54, 1.807) is 0 Å². The molecule has 0 aromatic heterocycles. The van der Waals surface area contributed by atoms with Crippen molar-refractivity contribution in [2.75, 3.05) is 39.5 Å². The zero-order chi connectivity index (χ0) is 24.2. The highest BCUT2D eigenvalue weighted by Gasteiger charge is 2.10. The molecule has 0 spiro atoms. The molecule has 0 aliphatic carbocycles. The maximum absolute atomic E-state index is 11.6. The average Bonchev–Trinajstić information content (AvgIpc) is 2.79. The predicted molar refractivity (Wildman–Crippen MR) is 109 cm³/mol. The molecule has 0 heterocycles. The van der Waals surface area contributed by atoms with Crippen LogP contribution >= 0.6 is 0 Å². The third-order valence-electron chi connectivity index (χ3n) is 3.40. The highest BCUT2D eigenvalue weighted by molar-refractivity contribution is 5.83. The molecule has 0 unspecified atom stereocenters. The van der Waals surface area contributed by atoms with Crippen molar-refractivity contribution in [2.24, 2.45) is 0 Å². The van der Waals surface area contributed by atoms with Gasteiger partial charge in [0.05, 0.1) is 12.8 Å². The molecular weight excluding hydrogens is 428 g/mol. The van der Waals surface area contributed by atoms with Gasteiger partial charge in [-0.15, -0.1) is 0 Å². The topological polar surface area (TPSA) is 163 Å². The second-order valence-electron chi connectivity index (χ2n) is 5.88. The smallest absolute Gasteiger partial charge is 0.330 e. The normalized spacial score (nSPS) is 9.62. The molecule has 32 heavy (non-hydrogen) atoms. The Morgan fingerprint density at radius 3 is 1.25 bits per heavy atom. The quantitative estimate of drug-likeness (QED) is 0.124. The van der Waals surface area contributed by atoms with Crippen molar-refractivity contribution in [2.45, 2.75) is 25.7 Å². The zero-order valence-corrected chi connectivity index (χ0v) is 17.7. The third-order valence-corrected chi connectivity index (χ3v) is 3.40. The average molecular weight is 456 g/mol. The van der Waals surface area contributed by atoms with Gasteiger partial charge in [-0.25, -0.2) is 9.59 Å². The van der Waals surface area contributed by atoms with Crippen LogP contribution < -0.4 is 10.6 Å². The van der Waals surface area contributed by atoms with E-state index >= 15 is 0 Å². The molecule has 0 aromatic carbocycles. The SMILES string of the molecule is C=CC(=O)OCCOC(=O)CCC(=O)NCCNC(=O)CCC(=O)OCCOC(=O)C=C. The summed E-state index contributed by atoms with van der Waals surface area (Å²) in [6.07, 6.45) is 1.46. The summed E-state index contributed by atoms with van der Waals surface area (Å²) in [6, 6.07) is 0. The Kier molecular flexibility index (Phi) is 16.0. The summed E-state index contributed by atoms with van der Waals surface area (Å²) in [7, 11) is 0. The number of carbonyl (C=O) groups is 6. The van der Waals surface area contributed by atoms with Crippen molar-refractivity contribution in [3.63, 3.8) is 0 Å². The summed E-state index contributed by atoms with van der Waals surface area (Å²) < 4.78 is 18.8. The number of ether oxygens (including phenoxy) is 4. The molecule has 2 amide bonds. The third kappa shape index (κ3) is 17.2. The van der Waals surface area contributed by atoms with Gasteiger partial charge in [0.1, 0.15) is 26.4 Å². The molecule has 0 aromatic rings. The van der Waals surface area contributed by atoms with Crippen LogP contribution in [0, 0.1) is 0 Å². The number of hydrogen-bond donors (Lipinski definition) is 2. The van der Waals surface area contributed by atoms with Crippen LogP contribution in [-0.2, 0) is 47.7 Å². The highest BCUT2D eigenvalue weighted by atomic mass is 16.6. The maximum atomic E-state index is 11.6. The second kappa shape index (κ2) is 18.1. The predicted octanol–water partition coefficient (Wildman–Crippen LogP) is -0.676. The molecule has 0 rings (SSSR count). The van der Waals surface area contributed by atoms with Crippen molar-refractivity contribution in [1.82, 2.24) is 10.6 Å². The van der Waals surface area contributed by atoms with Crippen LogP contribution in [-0.4, -0.2) is 75.2 Å². The van der Waals surface area contributed by atoms with Gasteiger partial charge in [0.25, 0.3) is 0 Å². The first-order valence-corrected chi connectivity index (χ1v) is 9.71. The van der Waals surface area contributed by atoms with E-state index in [9.17, 15) is 28.8 Å². The van der Waals surface area contributed by atoms with E-state index < -0.39 is 35.7 Å². The Bertz CT molecular complexity index is 632. The van der Waals surface area contributed by atoms with E-state index in [-0.39, 0.29) is 65.2 Å². The number of rotatable bonds is 17. The minimum atomic E-state index is -0.629. The first-order chi connectivity index (χ1) is 15.3. The molecule has 0 saturated heterocycles. The van der Waals surface area contributed by atoms with Crippen LogP contribution in [0.3, 0.4) is 0 Å². The van der Waals surface area contributed by atoms with Crippen LogP contribution in [0.15, 0.2) is 25.3 Å². The molecule has 0 atom stereocenters. The van der Waals surface area contributed by atoms with Crippen molar-refractivity contribution in [3.05, 3.63) is 25.3 Å². The Morgan fingerprint density at radius 2 is 0.906 bits per heavy atom. The van der Waals surface area contributed by atoms with Gasteiger partial charge in [-0.1, -0.05) is 13.2 Å². The Hall–Kier alpha value is -3.70. The van der Waals surface area contributed by atoms with Gasteiger partial charge < -0.3 is 29.6 Å². The molecule has 12 nitrogen and oxygen atoms in total. The number of esters is 4. The fourth-order valence-electron chi connectivity index (χ4n) is 1.87. The summed E-state index contributed by atoms with van der Waals surface area (Å²) in [5, 5.41) is 5.03. The molecule has 0 aliphatic heterocycles. The summed E-state index contributed by atoms with van der Waals surface area (Å²) in [5.74, 6) is -3.31. The molecule has 178 valence electrons. The van der Waals surface area contributed by atoms with Gasteiger partial charge in [-0.2, -0.15) is 0 Å². The van der Waals surface area contributed by atoms with Gasteiger partial charge in [-0.3, -0.25) is 19.2 Å². The number of carbonyl (C=O) groups excluding carboxylic acids is 6. The van der Waals surface area contributed by atoms with Gasteiger partial charge in [-0.05, 0) is 0 Å². The monoisotopic (exact) mass is 456 g/mol. The first-order valence-electron chi connectivity index (χ1n) is 9.71. The van der Waals surface area contributed by atoms with Crippen LogP contribution in [0.25, 0.3) is 0 Å². The Balaban J connectivity index is 3.68. The lowest BCUT2D eigenvalue weighted by atomic mass is 10.3. The van der Waals surface area contributed by atoms with E-state index in [2.05, 4.69) is 33.3 Å². The molecule has 0 bridgehead atoms. The molecule has 0 aliphatic rings. The fraction of sp³-hybridized carbons (Fsp3) is 0.500. The summed E-state index contributed by atoms with van der Waals surface area (Å²) in [5.41, 5.74) is 0. The van der Waals surface area contributed by atoms with E-state index in [0.717, 1.165) is 12.2 Å². The lowest BCUT2D eigenvalue weighted by Crippen LogP contribution is -2.35. The number of nitrogens with one attached hydrogen (secondary N) is 2. The van der Waals surface area contributed by atoms with Gasteiger partial charge in [0, 0.05) is 38.1 Å². The summed E-state index contributed by atoms with van der Waals surface area (Å²) in [4.78, 5) is 67.8. The van der Waals surface area contributed by atoms with E-state index in [4.69, 9.17) is 9.47 Å². The second-order valence-corrected chi connectivity index (χ2v) is 5.88. The van der Waals surface area contributed by atoms with Crippen LogP contribution in [0.1, 0.15) is 25.7 Å². The Morgan fingerprint density at radius 1 is 0.562 bits per heavy atom. The number of hydrogen-bond acceptors (Lipinski definition) is 10. The molecule has 0 fully saturated rings. The molecule has 2 N–H and O–H groups in total. The summed E-state index contributed by atoms with van der Waals surface area (Å²) >= 11 is 0. The van der Waals surface area contributed by atoms with Crippen molar-refractivity contribution < 1.29 is 47.7 Å². The Labute approximate surface area is 185 Å². The molecular formula is C20H28N2O10. The van der Waals surface area contributed by atoms with Gasteiger partial charge in [0.2, 0.25) is 11.8 Å².